The van der Waals surface area contributed by atoms with Crippen molar-refractivity contribution in [2.45, 2.75) is 13.8 Å². The van der Waals surface area contributed by atoms with Crippen molar-refractivity contribution in [1.29, 1.82) is 0 Å². The third-order valence-corrected chi connectivity index (χ3v) is 2.40. The van der Waals surface area contributed by atoms with Crippen LogP contribution in [0.25, 0.3) is 11.4 Å². The number of aromatic nitrogens is 4. The maximum atomic E-state index is 11.7. The van der Waals surface area contributed by atoms with Crippen molar-refractivity contribution in [3.8, 4) is 11.4 Å². The summed E-state index contributed by atoms with van der Waals surface area (Å²) in [5.74, 6) is 0.0410. The predicted octanol–water partition coefficient (Wildman–Crippen LogP) is 1.36. The minimum absolute atomic E-state index is 0.297. The number of carbonyl (C=O) groups is 1. The molecule has 0 aromatic carbocycles. The van der Waals surface area contributed by atoms with Crippen LogP contribution in [0, 0.1) is 6.92 Å². The molecule has 2 heterocycles. The molecule has 0 saturated carbocycles. The Morgan fingerprint density at radius 3 is 2.83 bits per heavy atom. The Hall–Kier alpha value is -2.24. The van der Waals surface area contributed by atoms with Gasteiger partial charge in [-0.2, -0.15) is 5.10 Å². The van der Waals surface area contributed by atoms with Gasteiger partial charge in [-0.25, -0.2) is 14.8 Å². The van der Waals surface area contributed by atoms with E-state index in [9.17, 15) is 4.79 Å². The van der Waals surface area contributed by atoms with E-state index >= 15 is 0 Å². The van der Waals surface area contributed by atoms with Crippen LogP contribution >= 0.6 is 0 Å². The fourth-order valence-electron chi connectivity index (χ4n) is 1.52. The van der Waals surface area contributed by atoms with Gasteiger partial charge in [0.15, 0.2) is 11.5 Å². The van der Waals surface area contributed by atoms with Crippen molar-refractivity contribution in [3.63, 3.8) is 0 Å². The summed E-state index contributed by atoms with van der Waals surface area (Å²) < 4.78 is 6.61. The zero-order valence-corrected chi connectivity index (χ0v) is 10.5. The minimum atomic E-state index is -0.428. The highest BCUT2D eigenvalue weighted by Crippen LogP contribution is 2.15. The number of aryl methyl sites for hydroxylation is 2. The van der Waals surface area contributed by atoms with E-state index in [0.717, 1.165) is 5.56 Å². The highest BCUT2D eigenvalue weighted by Gasteiger charge is 2.15. The molecule has 0 aliphatic heterocycles. The molecule has 0 amide bonds. The standard InChI is InChI=1S/C12H14N4O2/c1-4-18-12(17)10-8(2)5-13-11(15-10)9-6-14-16(3)7-9/h5-7H,4H2,1-3H3. The van der Waals surface area contributed by atoms with Crippen LogP contribution < -0.4 is 0 Å². The van der Waals surface area contributed by atoms with Gasteiger partial charge in [0.25, 0.3) is 0 Å². The molecular formula is C12H14N4O2. The van der Waals surface area contributed by atoms with Crippen LogP contribution in [0.5, 0.6) is 0 Å². The van der Waals surface area contributed by atoms with Gasteiger partial charge in [-0.15, -0.1) is 0 Å². The highest BCUT2D eigenvalue weighted by atomic mass is 16.5. The lowest BCUT2D eigenvalue weighted by Gasteiger charge is -2.05. The van der Waals surface area contributed by atoms with Gasteiger partial charge in [0.1, 0.15) is 0 Å². The average molecular weight is 246 g/mol. The molecular weight excluding hydrogens is 232 g/mol. The topological polar surface area (TPSA) is 69.9 Å². The molecule has 6 nitrogen and oxygen atoms in total. The van der Waals surface area contributed by atoms with Crippen LogP contribution in [-0.2, 0) is 11.8 Å². The molecule has 2 rings (SSSR count). The number of hydrogen-bond donors (Lipinski definition) is 0. The molecule has 6 heteroatoms. The van der Waals surface area contributed by atoms with E-state index in [1.807, 2.05) is 7.05 Å². The van der Waals surface area contributed by atoms with E-state index in [1.165, 1.54) is 0 Å². The van der Waals surface area contributed by atoms with Crippen LogP contribution in [0.4, 0.5) is 0 Å². The monoisotopic (exact) mass is 246 g/mol. The van der Waals surface area contributed by atoms with Crippen molar-refractivity contribution >= 4 is 5.97 Å². The quantitative estimate of drug-likeness (QED) is 0.765. The molecule has 2 aromatic rings. The van der Waals surface area contributed by atoms with Gasteiger partial charge in [0.05, 0.1) is 18.4 Å². The fourth-order valence-corrected chi connectivity index (χ4v) is 1.52. The molecule has 0 aliphatic carbocycles. The van der Waals surface area contributed by atoms with Gasteiger partial charge in [-0.3, -0.25) is 4.68 Å². The summed E-state index contributed by atoms with van der Waals surface area (Å²) in [5.41, 5.74) is 1.76. The van der Waals surface area contributed by atoms with Crippen molar-refractivity contribution in [3.05, 3.63) is 29.8 Å². The van der Waals surface area contributed by atoms with Crippen LogP contribution in [0.3, 0.4) is 0 Å². The average Bonchev–Trinajstić information content (AvgIpc) is 2.77. The number of carbonyl (C=O) groups excluding carboxylic acids is 1. The molecule has 0 bridgehead atoms. The summed E-state index contributed by atoms with van der Waals surface area (Å²) in [6, 6.07) is 0. The Balaban J connectivity index is 2.40. The first-order chi connectivity index (χ1) is 8.61. The first kappa shape index (κ1) is 12.2. The summed E-state index contributed by atoms with van der Waals surface area (Å²) in [5, 5.41) is 4.05. The van der Waals surface area contributed by atoms with Gasteiger partial charge in [0.2, 0.25) is 0 Å². The van der Waals surface area contributed by atoms with Crippen molar-refractivity contribution < 1.29 is 9.53 Å². The van der Waals surface area contributed by atoms with E-state index in [4.69, 9.17) is 4.74 Å². The second-order valence-corrected chi connectivity index (χ2v) is 3.85. The number of rotatable bonds is 3. The lowest BCUT2D eigenvalue weighted by atomic mass is 10.2. The predicted molar refractivity (Wildman–Crippen MR) is 64.9 cm³/mol. The number of nitrogens with zero attached hydrogens (tertiary/aromatic N) is 4. The zero-order valence-electron chi connectivity index (χ0n) is 10.5. The van der Waals surface area contributed by atoms with E-state index in [0.29, 0.717) is 23.7 Å². The third-order valence-electron chi connectivity index (χ3n) is 2.40. The lowest BCUT2D eigenvalue weighted by Crippen LogP contribution is -2.10. The number of ether oxygens (including phenoxy) is 1. The van der Waals surface area contributed by atoms with Crippen molar-refractivity contribution in [1.82, 2.24) is 19.7 Å². The Kier molecular flexibility index (Phi) is 3.36. The summed E-state index contributed by atoms with van der Waals surface area (Å²) in [6.07, 6.45) is 5.06. The van der Waals surface area contributed by atoms with Crippen molar-refractivity contribution in [2.24, 2.45) is 7.05 Å². The normalized spacial score (nSPS) is 10.4. The molecule has 0 fully saturated rings. The molecule has 0 saturated heterocycles. The Bertz CT molecular complexity index is 577. The molecule has 0 unspecified atom stereocenters. The molecule has 18 heavy (non-hydrogen) atoms. The molecule has 0 spiro atoms. The third kappa shape index (κ3) is 2.37. The SMILES string of the molecule is CCOC(=O)c1nc(-c2cnn(C)c2)ncc1C. The number of hydrogen-bond acceptors (Lipinski definition) is 5. The molecule has 0 N–H and O–H groups in total. The van der Waals surface area contributed by atoms with Gasteiger partial charge in [-0.1, -0.05) is 0 Å². The Labute approximate surface area is 105 Å². The minimum Gasteiger partial charge on any atom is -0.461 e. The maximum Gasteiger partial charge on any atom is 0.357 e. The van der Waals surface area contributed by atoms with Crippen molar-refractivity contribution in [2.75, 3.05) is 6.61 Å². The van der Waals surface area contributed by atoms with Gasteiger partial charge >= 0.3 is 5.97 Å². The number of esters is 1. The second kappa shape index (κ2) is 4.95. The summed E-state index contributed by atoms with van der Waals surface area (Å²) in [4.78, 5) is 20.1. The molecule has 2 aromatic heterocycles. The van der Waals surface area contributed by atoms with Gasteiger partial charge in [0, 0.05) is 25.0 Å². The smallest absolute Gasteiger partial charge is 0.357 e. The first-order valence-corrected chi connectivity index (χ1v) is 5.61. The van der Waals surface area contributed by atoms with Crippen LogP contribution in [0.1, 0.15) is 23.0 Å². The van der Waals surface area contributed by atoms with Crippen LogP contribution in [0.2, 0.25) is 0 Å². The van der Waals surface area contributed by atoms with E-state index in [1.54, 1.807) is 37.1 Å². The molecule has 0 radical (unpaired) electrons. The maximum absolute atomic E-state index is 11.7. The molecule has 94 valence electrons. The van der Waals surface area contributed by atoms with Gasteiger partial charge < -0.3 is 4.74 Å². The van der Waals surface area contributed by atoms with Gasteiger partial charge in [-0.05, 0) is 13.8 Å². The van der Waals surface area contributed by atoms with Crippen LogP contribution in [-0.4, -0.2) is 32.3 Å². The summed E-state index contributed by atoms with van der Waals surface area (Å²) >= 11 is 0. The summed E-state index contributed by atoms with van der Waals surface area (Å²) in [7, 11) is 1.81. The lowest BCUT2D eigenvalue weighted by molar-refractivity contribution is 0.0518. The zero-order chi connectivity index (χ0) is 13.1. The van der Waals surface area contributed by atoms with E-state index in [2.05, 4.69) is 15.1 Å². The molecule has 0 aliphatic rings. The largest absolute Gasteiger partial charge is 0.461 e. The van der Waals surface area contributed by atoms with E-state index in [-0.39, 0.29) is 0 Å². The Morgan fingerprint density at radius 2 is 2.22 bits per heavy atom. The van der Waals surface area contributed by atoms with Crippen LogP contribution in [0.15, 0.2) is 18.6 Å². The highest BCUT2D eigenvalue weighted by molar-refractivity contribution is 5.89. The Morgan fingerprint density at radius 1 is 1.44 bits per heavy atom. The first-order valence-electron chi connectivity index (χ1n) is 5.61. The molecule has 0 atom stereocenters. The summed E-state index contributed by atoms with van der Waals surface area (Å²) in [6.45, 7) is 3.86. The fraction of sp³-hybridized carbons (Fsp3) is 0.333. The van der Waals surface area contributed by atoms with E-state index < -0.39 is 5.97 Å². The second-order valence-electron chi connectivity index (χ2n) is 3.85.